The number of nitrogens with one attached hydrogen (secondary N) is 3. The van der Waals surface area contributed by atoms with Gasteiger partial charge in [-0.2, -0.15) is 0 Å². The SMILES string of the molecule is O=C1CCC(N2C(=O)c3ccc(CNC4CNCCc5ccccc54)cc3C2=O)C(=O)N1. The van der Waals surface area contributed by atoms with E-state index in [1.807, 2.05) is 12.1 Å². The smallest absolute Gasteiger partial charge is 0.262 e. The van der Waals surface area contributed by atoms with Gasteiger partial charge in [-0.3, -0.25) is 29.4 Å². The fourth-order valence-electron chi connectivity index (χ4n) is 4.73. The van der Waals surface area contributed by atoms with Crippen LogP contribution >= 0.6 is 0 Å². The summed E-state index contributed by atoms with van der Waals surface area (Å²) >= 11 is 0. The first kappa shape index (κ1) is 20.5. The summed E-state index contributed by atoms with van der Waals surface area (Å²) in [4.78, 5) is 50.5. The van der Waals surface area contributed by atoms with Crippen molar-refractivity contribution in [2.45, 2.75) is 37.9 Å². The summed E-state index contributed by atoms with van der Waals surface area (Å²) < 4.78 is 0. The zero-order valence-corrected chi connectivity index (χ0v) is 17.5. The Morgan fingerprint density at radius 3 is 2.62 bits per heavy atom. The number of amides is 4. The molecule has 3 N–H and O–H groups in total. The molecule has 2 unspecified atom stereocenters. The van der Waals surface area contributed by atoms with E-state index in [0.29, 0.717) is 17.7 Å². The third-order valence-corrected chi connectivity index (χ3v) is 6.41. The lowest BCUT2D eigenvalue weighted by molar-refractivity contribution is -0.136. The average Bonchev–Trinajstić information content (AvgIpc) is 2.93. The number of hydrogen-bond acceptors (Lipinski definition) is 6. The molecule has 0 radical (unpaired) electrons. The lowest BCUT2D eigenvalue weighted by Gasteiger charge is -2.27. The molecule has 3 heterocycles. The van der Waals surface area contributed by atoms with Gasteiger partial charge in [0.2, 0.25) is 11.8 Å². The van der Waals surface area contributed by atoms with E-state index in [1.54, 1.807) is 12.1 Å². The second-order valence-electron chi connectivity index (χ2n) is 8.41. The molecule has 32 heavy (non-hydrogen) atoms. The standard InChI is InChI=1S/C24H24N4O4/c29-21-8-7-20(22(30)27-21)28-23(31)17-6-5-14(11-18(17)24(28)32)12-26-19-13-25-10-9-15-3-1-2-4-16(15)19/h1-6,11,19-20,25-26H,7-10,12-13H2,(H,27,29,30). The monoisotopic (exact) mass is 432 g/mol. The molecule has 8 nitrogen and oxygen atoms in total. The third-order valence-electron chi connectivity index (χ3n) is 6.41. The van der Waals surface area contributed by atoms with Crippen molar-refractivity contribution in [2.75, 3.05) is 13.1 Å². The normalized spacial score (nSPS) is 22.9. The van der Waals surface area contributed by atoms with Crippen molar-refractivity contribution in [3.05, 3.63) is 70.3 Å². The van der Waals surface area contributed by atoms with Gasteiger partial charge in [0.15, 0.2) is 0 Å². The molecular formula is C24H24N4O4. The maximum atomic E-state index is 13.0. The van der Waals surface area contributed by atoms with E-state index in [9.17, 15) is 19.2 Å². The molecule has 2 atom stereocenters. The van der Waals surface area contributed by atoms with Crippen LogP contribution in [0.4, 0.5) is 0 Å². The Bertz CT molecular complexity index is 1130. The molecule has 0 aliphatic carbocycles. The van der Waals surface area contributed by atoms with E-state index in [4.69, 9.17) is 0 Å². The number of fused-ring (bicyclic) bond motifs is 2. The molecule has 0 aromatic heterocycles. The zero-order valence-electron chi connectivity index (χ0n) is 17.5. The van der Waals surface area contributed by atoms with Gasteiger partial charge in [-0.1, -0.05) is 30.3 Å². The average molecular weight is 432 g/mol. The number of carbonyl (C=O) groups is 4. The second kappa shape index (κ2) is 8.29. The van der Waals surface area contributed by atoms with E-state index in [-0.39, 0.29) is 24.8 Å². The topological polar surface area (TPSA) is 108 Å². The highest BCUT2D eigenvalue weighted by atomic mass is 16.2. The van der Waals surface area contributed by atoms with Crippen molar-refractivity contribution in [1.82, 2.24) is 20.9 Å². The van der Waals surface area contributed by atoms with Gasteiger partial charge < -0.3 is 10.6 Å². The molecule has 2 aromatic rings. The number of hydrogen-bond donors (Lipinski definition) is 3. The molecule has 8 heteroatoms. The quantitative estimate of drug-likeness (QED) is 0.624. The van der Waals surface area contributed by atoms with Gasteiger partial charge in [-0.05, 0) is 48.2 Å². The summed E-state index contributed by atoms with van der Waals surface area (Å²) in [5.41, 5.74) is 4.08. The first-order chi connectivity index (χ1) is 15.5. The Morgan fingerprint density at radius 1 is 0.969 bits per heavy atom. The Labute approximate surface area is 185 Å². The predicted molar refractivity (Wildman–Crippen MR) is 116 cm³/mol. The molecule has 164 valence electrons. The van der Waals surface area contributed by atoms with Crippen LogP contribution in [-0.4, -0.2) is 47.7 Å². The van der Waals surface area contributed by atoms with Crippen molar-refractivity contribution < 1.29 is 19.2 Å². The van der Waals surface area contributed by atoms with Gasteiger partial charge in [0, 0.05) is 25.6 Å². The summed E-state index contributed by atoms with van der Waals surface area (Å²) in [6.45, 7) is 2.28. The first-order valence-corrected chi connectivity index (χ1v) is 10.9. The second-order valence-corrected chi connectivity index (χ2v) is 8.41. The summed E-state index contributed by atoms with van der Waals surface area (Å²) in [6, 6.07) is 12.8. The highest BCUT2D eigenvalue weighted by molar-refractivity contribution is 6.23. The summed E-state index contributed by atoms with van der Waals surface area (Å²) in [5.74, 6) is -1.95. The van der Waals surface area contributed by atoms with Gasteiger partial charge in [0.05, 0.1) is 11.1 Å². The van der Waals surface area contributed by atoms with E-state index in [1.165, 1.54) is 11.1 Å². The highest BCUT2D eigenvalue weighted by Gasteiger charge is 2.44. The first-order valence-electron chi connectivity index (χ1n) is 10.9. The van der Waals surface area contributed by atoms with E-state index in [0.717, 1.165) is 30.0 Å². The minimum absolute atomic E-state index is 0.107. The van der Waals surface area contributed by atoms with Crippen LogP contribution in [0.3, 0.4) is 0 Å². The van der Waals surface area contributed by atoms with Crippen molar-refractivity contribution >= 4 is 23.6 Å². The van der Waals surface area contributed by atoms with Crippen molar-refractivity contribution in [3.63, 3.8) is 0 Å². The van der Waals surface area contributed by atoms with Gasteiger partial charge in [-0.15, -0.1) is 0 Å². The molecule has 0 spiro atoms. The predicted octanol–water partition coefficient (Wildman–Crippen LogP) is 1.06. The third kappa shape index (κ3) is 3.61. The Morgan fingerprint density at radius 2 is 1.78 bits per heavy atom. The van der Waals surface area contributed by atoms with Crippen molar-refractivity contribution in [1.29, 1.82) is 0 Å². The number of carbonyl (C=O) groups excluding carboxylic acids is 4. The number of rotatable bonds is 4. The lowest BCUT2D eigenvalue weighted by Crippen LogP contribution is -2.54. The van der Waals surface area contributed by atoms with Crippen LogP contribution in [-0.2, 0) is 22.6 Å². The van der Waals surface area contributed by atoms with Crippen LogP contribution in [0.2, 0.25) is 0 Å². The molecule has 3 aliphatic rings. The van der Waals surface area contributed by atoms with Crippen LogP contribution in [0.25, 0.3) is 0 Å². The van der Waals surface area contributed by atoms with Crippen LogP contribution in [0.1, 0.15) is 56.3 Å². The van der Waals surface area contributed by atoms with Crippen molar-refractivity contribution in [3.8, 4) is 0 Å². The van der Waals surface area contributed by atoms with Gasteiger partial charge in [0.1, 0.15) is 6.04 Å². The summed E-state index contributed by atoms with van der Waals surface area (Å²) in [5, 5.41) is 9.23. The number of imide groups is 2. The molecule has 2 aromatic carbocycles. The van der Waals surface area contributed by atoms with Crippen LogP contribution in [0.5, 0.6) is 0 Å². The largest absolute Gasteiger partial charge is 0.315 e. The summed E-state index contributed by atoms with van der Waals surface area (Å²) in [6.07, 6.45) is 1.24. The molecule has 1 fully saturated rings. The molecule has 4 amide bonds. The minimum Gasteiger partial charge on any atom is -0.315 e. The summed E-state index contributed by atoms with van der Waals surface area (Å²) in [7, 11) is 0. The molecule has 3 aliphatic heterocycles. The zero-order chi connectivity index (χ0) is 22.2. The van der Waals surface area contributed by atoms with Crippen LogP contribution in [0, 0.1) is 0 Å². The lowest BCUT2D eigenvalue weighted by atomic mass is 9.99. The van der Waals surface area contributed by atoms with Crippen LogP contribution in [0.15, 0.2) is 42.5 Å². The molecular weight excluding hydrogens is 408 g/mol. The molecule has 0 saturated carbocycles. The molecule has 1 saturated heterocycles. The maximum Gasteiger partial charge on any atom is 0.262 e. The molecule has 5 rings (SSSR count). The number of nitrogens with zero attached hydrogens (tertiary/aromatic N) is 1. The Kier molecular flexibility index (Phi) is 5.32. The van der Waals surface area contributed by atoms with E-state index in [2.05, 4.69) is 34.1 Å². The fraction of sp³-hybridized carbons (Fsp3) is 0.333. The fourth-order valence-corrected chi connectivity index (χ4v) is 4.73. The van der Waals surface area contributed by atoms with E-state index < -0.39 is 23.8 Å². The minimum atomic E-state index is -0.949. The molecule has 0 bridgehead atoms. The maximum absolute atomic E-state index is 13.0. The van der Waals surface area contributed by atoms with E-state index >= 15 is 0 Å². The van der Waals surface area contributed by atoms with Gasteiger partial charge >= 0.3 is 0 Å². The number of piperidine rings is 1. The Hall–Kier alpha value is -3.36. The van der Waals surface area contributed by atoms with Gasteiger partial charge in [0.25, 0.3) is 11.8 Å². The highest BCUT2D eigenvalue weighted by Crippen LogP contribution is 2.29. The number of benzene rings is 2. The van der Waals surface area contributed by atoms with Gasteiger partial charge in [-0.25, -0.2) is 0 Å². The van der Waals surface area contributed by atoms with Crippen LogP contribution < -0.4 is 16.0 Å². The van der Waals surface area contributed by atoms with Crippen molar-refractivity contribution in [2.24, 2.45) is 0 Å². The Balaban J connectivity index is 1.33.